The third-order valence-corrected chi connectivity index (χ3v) is 4.61. The molecule has 2 heterocycles. The highest BCUT2D eigenvalue weighted by Gasteiger charge is 2.31. The molecular formula is C20H19FN4O2. The lowest BCUT2D eigenvalue weighted by molar-refractivity contribution is -0.137. The van der Waals surface area contributed by atoms with Crippen LogP contribution in [0.25, 0.3) is 0 Å². The van der Waals surface area contributed by atoms with Gasteiger partial charge in [0.2, 0.25) is 5.91 Å². The number of carbonyl (C=O) groups excluding carboxylic acids is 1. The maximum atomic E-state index is 13.0. The van der Waals surface area contributed by atoms with Gasteiger partial charge in [0.25, 0.3) is 0 Å². The number of benzene rings is 2. The van der Waals surface area contributed by atoms with Crippen molar-refractivity contribution in [1.82, 2.24) is 19.9 Å². The van der Waals surface area contributed by atoms with Crippen LogP contribution in [0.1, 0.15) is 18.0 Å². The van der Waals surface area contributed by atoms with Gasteiger partial charge in [-0.15, -0.1) is 5.10 Å². The lowest BCUT2D eigenvalue weighted by Crippen LogP contribution is -2.50. The summed E-state index contributed by atoms with van der Waals surface area (Å²) in [4.78, 5) is 14.2. The first-order valence-corrected chi connectivity index (χ1v) is 8.83. The van der Waals surface area contributed by atoms with E-state index in [1.165, 1.54) is 12.1 Å². The van der Waals surface area contributed by atoms with E-state index in [1.807, 2.05) is 35.4 Å². The number of likely N-dealkylation sites (tertiary alicyclic amines) is 1. The van der Waals surface area contributed by atoms with E-state index in [-0.39, 0.29) is 17.8 Å². The molecule has 0 aliphatic carbocycles. The van der Waals surface area contributed by atoms with E-state index in [0.29, 0.717) is 37.4 Å². The Morgan fingerprint density at radius 2 is 1.96 bits per heavy atom. The number of hydrogen-bond donors (Lipinski definition) is 0. The highest BCUT2D eigenvalue weighted by molar-refractivity contribution is 5.77. The molecule has 27 heavy (non-hydrogen) atoms. The minimum Gasteiger partial charge on any atom is -0.457 e. The summed E-state index contributed by atoms with van der Waals surface area (Å²) in [6.45, 7) is 1.35. The fraction of sp³-hybridized carbons (Fsp3) is 0.250. The summed E-state index contributed by atoms with van der Waals surface area (Å²) in [5.41, 5.74) is 1.02. The van der Waals surface area contributed by atoms with Crippen molar-refractivity contribution in [3.8, 4) is 11.5 Å². The fourth-order valence-corrected chi connectivity index (χ4v) is 3.05. The minimum absolute atomic E-state index is 0.135. The van der Waals surface area contributed by atoms with Gasteiger partial charge in [-0.1, -0.05) is 17.3 Å². The monoisotopic (exact) mass is 366 g/mol. The van der Waals surface area contributed by atoms with Gasteiger partial charge in [-0.25, -0.2) is 9.07 Å². The van der Waals surface area contributed by atoms with E-state index < -0.39 is 0 Å². The van der Waals surface area contributed by atoms with Gasteiger partial charge >= 0.3 is 0 Å². The van der Waals surface area contributed by atoms with Gasteiger partial charge in [0, 0.05) is 25.7 Å². The van der Waals surface area contributed by atoms with Gasteiger partial charge in [0.1, 0.15) is 17.3 Å². The molecule has 0 saturated carbocycles. The van der Waals surface area contributed by atoms with Crippen LogP contribution in [0.15, 0.2) is 60.9 Å². The smallest absolute Gasteiger partial charge is 0.223 e. The molecule has 1 aliphatic heterocycles. The molecule has 0 radical (unpaired) electrons. The second-order valence-electron chi connectivity index (χ2n) is 6.54. The predicted molar refractivity (Wildman–Crippen MR) is 96.9 cm³/mol. The van der Waals surface area contributed by atoms with Crippen molar-refractivity contribution in [2.24, 2.45) is 0 Å². The summed E-state index contributed by atoms with van der Waals surface area (Å²) in [5.74, 6) is 1.08. The van der Waals surface area contributed by atoms with E-state index in [9.17, 15) is 9.18 Å². The Labute approximate surface area is 156 Å². The number of rotatable bonds is 6. The van der Waals surface area contributed by atoms with Crippen molar-refractivity contribution in [2.75, 3.05) is 13.1 Å². The van der Waals surface area contributed by atoms with Gasteiger partial charge in [-0.3, -0.25) is 4.79 Å². The number of ether oxygens (including phenoxy) is 1. The fourth-order valence-electron chi connectivity index (χ4n) is 3.05. The molecular weight excluding hydrogens is 347 g/mol. The van der Waals surface area contributed by atoms with Gasteiger partial charge in [-0.2, -0.15) is 0 Å². The molecule has 0 atom stereocenters. The highest BCUT2D eigenvalue weighted by atomic mass is 19.1. The quantitative estimate of drug-likeness (QED) is 0.672. The number of halogens is 1. The molecule has 138 valence electrons. The zero-order chi connectivity index (χ0) is 18.6. The number of hydrogen-bond acceptors (Lipinski definition) is 4. The van der Waals surface area contributed by atoms with E-state index in [2.05, 4.69) is 10.3 Å². The van der Waals surface area contributed by atoms with Crippen molar-refractivity contribution in [3.05, 3.63) is 72.3 Å². The van der Waals surface area contributed by atoms with Crippen molar-refractivity contribution < 1.29 is 13.9 Å². The third-order valence-electron chi connectivity index (χ3n) is 4.61. The standard InChI is InChI=1S/C20H19FN4O2/c21-16-5-7-18(8-6-16)27-19-3-1-2-15(12-19)4-9-20(26)24-13-17(14-24)25-11-10-22-23-25/h1-3,5-8,10-12,17H,4,9,13-14H2. The molecule has 1 fully saturated rings. The number of nitrogens with zero attached hydrogens (tertiary/aromatic N) is 4. The van der Waals surface area contributed by atoms with Crippen molar-refractivity contribution in [1.29, 1.82) is 0 Å². The van der Waals surface area contributed by atoms with Crippen LogP contribution in [0.3, 0.4) is 0 Å². The van der Waals surface area contributed by atoms with Crippen LogP contribution in [0.5, 0.6) is 11.5 Å². The highest BCUT2D eigenvalue weighted by Crippen LogP contribution is 2.24. The second-order valence-corrected chi connectivity index (χ2v) is 6.54. The van der Waals surface area contributed by atoms with E-state index >= 15 is 0 Å². The summed E-state index contributed by atoms with van der Waals surface area (Å²) >= 11 is 0. The lowest BCUT2D eigenvalue weighted by atomic mass is 10.1. The Bertz CT molecular complexity index is 906. The number of aromatic nitrogens is 3. The predicted octanol–water partition coefficient (Wildman–Crippen LogP) is 3.23. The van der Waals surface area contributed by atoms with Crippen LogP contribution in [0, 0.1) is 5.82 Å². The summed E-state index contributed by atoms with van der Waals surface area (Å²) in [6.07, 6.45) is 4.55. The first-order valence-electron chi connectivity index (χ1n) is 8.83. The summed E-state index contributed by atoms with van der Waals surface area (Å²) in [5, 5.41) is 7.76. The van der Waals surface area contributed by atoms with Crippen molar-refractivity contribution in [3.63, 3.8) is 0 Å². The molecule has 0 spiro atoms. The van der Waals surface area contributed by atoms with Gasteiger partial charge in [0.15, 0.2) is 0 Å². The Balaban J connectivity index is 1.28. The van der Waals surface area contributed by atoms with Crippen LogP contribution >= 0.6 is 0 Å². The van der Waals surface area contributed by atoms with E-state index in [1.54, 1.807) is 23.0 Å². The van der Waals surface area contributed by atoms with Crippen LogP contribution in [0.4, 0.5) is 4.39 Å². The zero-order valence-electron chi connectivity index (χ0n) is 14.7. The molecule has 1 amide bonds. The molecule has 7 heteroatoms. The van der Waals surface area contributed by atoms with Crippen molar-refractivity contribution >= 4 is 5.91 Å². The molecule has 0 bridgehead atoms. The number of aryl methyl sites for hydroxylation is 1. The molecule has 6 nitrogen and oxygen atoms in total. The largest absolute Gasteiger partial charge is 0.457 e. The maximum absolute atomic E-state index is 13.0. The Hall–Kier alpha value is -3.22. The number of carbonyl (C=O) groups is 1. The minimum atomic E-state index is -0.299. The first-order chi connectivity index (χ1) is 13.2. The molecule has 0 N–H and O–H groups in total. The SMILES string of the molecule is O=C(CCc1cccc(Oc2ccc(F)cc2)c1)N1CC(n2ccnn2)C1. The van der Waals surface area contributed by atoms with Crippen LogP contribution in [-0.4, -0.2) is 38.9 Å². The first kappa shape index (κ1) is 17.2. The van der Waals surface area contributed by atoms with E-state index in [4.69, 9.17) is 4.74 Å². The normalized spacial score (nSPS) is 14.0. The summed E-state index contributed by atoms with van der Waals surface area (Å²) < 4.78 is 20.5. The maximum Gasteiger partial charge on any atom is 0.223 e. The van der Waals surface area contributed by atoms with Crippen LogP contribution in [0.2, 0.25) is 0 Å². The Morgan fingerprint density at radius 1 is 1.15 bits per heavy atom. The zero-order valence-corrected chi connectivity index (χ0v) is 14.7. The van der Waals surface area contributed by atoms with Gasteiger partial charge in [0.05, 0.1) is 12.2 Å². The topological polar surface area (TPSA) is 60.2 Å². The molecule has 0 unspecified atom stereocenters. The molecule has 2 aromatic carbocycles. The number of amides is 1. The summed E-state index contributed by atoms with van der Waals surface area (Å²) in [6, 6.07) is 13.7. The lowest BCUT2D eigenvalue weighted by Gasteiger charge is -2.38. The Morgan fingerprint density at radius 3 is 2.70 bits per heavy atom. The molecule has 3 aromatic rings. The molecule has 1 aliphatic rings. The van der Waals surface area contributed by atoms with Gasteiger partial charge in [-0.05, 0) is 48.4 Å². The second kappa shape index (κ2) is 7.57. The van der Waals surface area contributed by atoms with Crippen LogP contribution in [-0.2, 0) is 11.2 Å². The van der Waals surface area contributed by atoms with Crippen LogP contribution < -0.4 is 4.74 Å². The average molecular weight is 366 g/mol. The summed E-state index contributed by atoms with van der Waals surface area (Å²) in [7, 11) is 0. The average Bonchev–Trinajstić information content (AvgIpc) is 3.15. The van der Waals surface area contributed by atoms with Crippen molar-refractivity contribution in [2.45, 2.75) is 18.9 Å². The molecule has 4 rings (SSSR count). The molecule has 1 saturated heterocycles. The molecule has 1 aromatic heterocycles. The third kappa shape index (κ3) is 4.13. The Kier molecular flexibility index (Phi) is 4.82. The van der Waals surface area contributed by atoms with E-state index in [0.717, 1.165) is 5.56 Å². The van der Waals surface area contributed by atoms with Gasteiger partial charge < -0.3 is 9.64 Å².